The van der Waals surface area contributed by atoms with Gasteiger partial charge in [0.25, 0.3) is 0 Å². The Morgan fingerprint density at radius 3 is 2.88 bits per heavy atom. The molecule has 1 atom stereocenters. The second-order valence-electron chi connectivity index (χ2n) is 4.84. The van der Waals surface area contributed by atoms with Gasteiger partial charge in [0.05, 0.1) is 5.69 Å². The van der Waals surface area contributed by atoms with E-state index in [1.165, 1.54) is 19.4 Å². The predicted molar refractivity (Wildman–Crippen MR) is 65.8 cm³/mol. The van der Waals surface area contributed by atoms with Crippen molar-refractivity contribution in [1.29, 1.82) is 0 Å². The fourth-order valence-corrected chi connectivity index (χ4v) is 2.67. The zero-order valence-electron chi connectivity index (χ0n) is 10.3. The number of piperidine rings is 1. The lowest BCUT2D eigenvalue weighted by atomic mass is 9.95. The van der Waals surface area contributed by atoms with Crippen LogP contribution in [-0.4, -0.2) is 44.8 Å². The summed E-state index contributed by atoms with van der Waals surface area (Å²) in [5.74, 6) is 0.495. The molecule has 0 aromatic carbocycles. The molecule has 3 rings (SSSR count). The largest absolute Gasteiger partial charge is 0.306 e. The van der Waals surface area contributed by atoms with Crippen molar-refractivity contribution in [3.8, 4) is 0 Å². The highest BCUT2D eigenvalue weighted by molar-refractivity contribution is 5.73. The van der Waals surface area contributed by atoms with Gasteiger partial charge in [-0.05, 0) is 26.4 Å². The molecule has 90 valence electrons. The van der Waals surface area contributed by atoms with Gasteiger partial charge in [-0.1, -0.05) is 0 Å². The molecule has 0 bridgehead atoms. The lowest BCUT2D eigenvalue weighted by Gasteiger charge is -2.28. The Morgan fingerprint density at radius 2 is 2.06 bits per heavy atom. The van der Waals surface area contributed by atoms with Gasteiger partial charge in [-0.2, -0.15) is 5.10 Å². The molecule has 3 heterocycles. The molecule has 0 spiro atoms. The third kappa shape index (κ3) is 1.80. The summed E-state index contributed by atoms with van der Waals surface area (Å²) in [7, 11) is 4.11. The molecule has 5 heteroatoms. The average Bonchev–Trinajstić information content (AvgIpc) is 2.68. The van der Waals surface area contributed by atoms with E-state index in [2.05, 4.69) is 27.0 Å². The first-order chi connectivity index (χ1) is 8.25. The lowest BCUT2D eigenvalue weighted by molar-refractivity contribution is 0.248. The third-order valence-electron chi connectivity index (χ3n) is 3.50. The Balaban J connectivity index is 2.05. The summed E-state index contributed by atoms with van der Waals surface area (Å²) in [4.78, 5) is 11.1. The van der Waals surface area contributed by atoms with Crippen molar-refractivity contribution >= 4 is 11.2 Å². The van der Waals surface area contributed by atoms with E-state index >= 15 is 0 Å². The van der Waals surface area contributed by atoms with E-state index < -0.39 is 0 Å². The van der Waals surface area contributed by atoms with E-state index in [1.54, 1.807) is 12.4 Å². The summed E-state index contributed by atoms with van der Waals surface area (Å²) in [6.07, 6.45) is 5.91. The molecule has 1 aliphatic heterocycles. The number of aryl methyl sites for hydroxylation is 1. The summed E-state index contributed by atoms with van der Waals surface area (Å²) in [5.41, 5.74) is 2.97. The highest BCUT2D eigenvalue weighted by atomic mass is 15.3. The van der Waals surface area contributed by atoms with Crippen LogP contribution >= 0.6 is 0 Å². The first kappa shape index (κ1) is 10.7. The molecular weight excluding hydrogens is 214 g/mol. The van der Waals surface area contributed by atoms with Crippen molar-refractivity contribution < 1.29 is 0 Å². The van der Waals surface area contributed by atoms with Crippen LogP contribution in [0.2, 0.25) is 0 Å². The second-order valence-corrected chi connectivity index (χ2v) is 4.84. The molecule has 1 aliphatic rings. The number of aromatic nitrogens is 4. The number of likely N-dealkylation sites (N-methyl/N-ethyl adjacent to an activating group) is 1. The smallest absolute Gasteiger partial charge is 0.176 e. The van der Waals surface area contributed by atoms with Crippen molar-refractivity contribution in [2.75, 3.05) is 20.1 Å². The molecule has 17 heavy (non-hydrogen) atoms. The minimum atomic E-state index is 0.495. The van der Waals surface area contributed by atoms with Gasteiger partial charge >= 0.3 is 0 Å². The van der Waals surface area contributed by atoms with E-state index in [0.717, 1.165) is 23.4 Å². The van der Waals surface area contributed by atoms with Gasteiger partial charge in [-0.3, -0.25) is 0 Å². The maximum Gasteiger partial charge on any atom is 0.176 e. The van der Waals surface area contributed by atoms with E-state index in [0.29, 0.717) is 5.92 Å². The van der Waals surface area contributed by atoms with E-state index in [1.807, 2.05) is 11.7 Å². The van der Waals surface area contributed by atoms with Crippen molar-refractivity contribution in [3.63, 3.8) is 0 Å². The molecule has 2 aromatic rings. The third-order valence-corrected chi connectivity index (χ3v) is 3.50. The highest BCUT2D eigenvalue weighted by Crippen LogP contribution is 2.28. The number of rotatable bonds is 1. The summed E-state index contributed by atoms with van der Waals surface area (Å²) in [6.45, 7) is 2.26. The van der Waals surface area contributed by atoms with Crippen LogP contribution in [0, 0.1) is 0 Å². The number of fused-ring (bicyclic) bond motifs is 1. The average molecular weight is 231 g/mol. The lowest BCUT2D eigenvalue weighted by Crippen LogP contribution is -2.31. The highest BCUT2D eigenvalue weighted by Gasteiger charge is 2.24. The number of hydrogen-bond donors (Lipinski definition) is 0. The Labute approximate surface area is 100 Å². The van der Waals surface area contributed by atoms with Crippen LogP contribution in [0.15, 0.2) is 12.4 Å². The Morgan fingerprint density at radius 1 is 1.24 bits per heavy atom. The number of likely N-dealkylation sites (tertiary alicyclic amines) is 1. The molecule has 2 aromatic heterocycles. The summed E-state index contributed by atoms with van der Waals surface area (Å²) >= 11 is 0. The van der Waals surface area contributed by atoms with Crippen LogP contribution in [0.25, 0.3) is 11.2 Å². The van der Waals surface area contributed by atoms with E-state index in [-0.39, 0.29) is 0 Å². The van der Waals surface area contributed by atoms with Gasteiger partial charge < -0.3 is 4.90 Å². The standard InChI is InChI=1S/C12H17N5/c1-16-7-3-4-9(8-16)10-11-12(17(2)15-10)14-6-5-13-11/h5-6,9H,3-4,7-8H2,1-2H3. The molecule has 5 nitrogen and oxygen atoms in total. The molecule has 0 radical (unpaired) electrons. The molecule has 0 N–H and O–H groups in total. The fraction of sp³-hybridized carbons (Fsp3) is 0.583. The maximum atomic E-state index is 4.61. The van der Waals surface area contributed by atoms with Gasteiger partial charge in [0.15, 0.2) is 5.65 Å². The first-order valence-corrected chi connectivity index (χ1v) is 6.08. The molecule has 1 saturated heterocycles. The SMILES string of the molecule is CN1CCCC(c2nn(C)c3nccnc23)C1. The van der Waals surface area contributed by atoms with Crippen LogP contribution in [0.3, 0.4) is 0 Å². The van der Waals surface area contributed by atoms with Crippen LogP contribution in [-0.2, 0) is 7.05 Å². The van der Waals surface area contributed by atoms with Gasteiger partial charge in [-0.25, -0.2) is 14.6 Å². The number of hydrogen-bond acceptors (Lipinski definition) is 4. The summed E-state index contributed by atoms with van der Waals surface area (Å²) < 4.78 is 1.84. The van der Waals surface area contributed by atoms with Crippen molar-refractivity contribution in [3.05, 3.63) is 18.1 Å². The van der Waals surface area contributed by atoms with E-state index in [4.69, 9.17) is 0 Å². The molecule has 1 unspecified atom stereocenters. The minimum Gasteiger partial charge on any atom is -0.306 e. The number of nitrogens with zero attached hydrogens (tertiary/aromatic N) is 5. The molecule has 1 fully saturated rings. The van der Waals surface area contributed by atoms with Crippen molar-refractivity contribution in [1.82, 2.24) is 24.6 Å². The second kappa shape index (κ2) is 4.07. The maximum absolute atomic E-state index is 4.61. The molecule has 0 aliphatic carbocycles. The van der Waals surface area contributed by atoms with Crippen LogP contribution in [0.5, 0.6) is 0 Å². The van der Waals surface area contributed by atoms with Gasteiger partial charge in [0, 0.05) is 31.9 Å². The van der Waals surface area contributed by atoms with Crippen LogP contribution in [0.4, 0.5) is 0 Å². The van der Waals surface area contributed by atoms with Gasteiger partial charge in [0.1, 0.15) is 5.52 Å². The van der Waals surface area contributed by atoms with Gasteiger partial charge in [0.2, 0.25) is 0 Å². The Kier molecular flexibility index (Phi) is 2.55. The van der Waals surface area contributed by atoms with Gasteiger partial charge in [-0.15, -0.1) is 0 Å². The van der Waals surface area contributed by atoms with Crippen LogP contribution < -0.4 is 0 Å². The molecule has 0 amide bonds. The zero-order chi connectivity index (χ0) is 11.8. The minimum absolute atomic E-state index is 0.495. The zero-order valence-corrected chi connectivity index (χ0v) is 10.3. The Hall–Kier alpha value is -1.49. The molecule has 0 saturated carbocycles. The normalized spacial score (nSPS) is 22.1. The summed E-state index contributed by atoms with van der Waals surface area (Å²) in [5, 5.41) is 4.61. The first-order valence-electron chi connectivity index (χ1n) is 6.08. The topological polar surface area (TPSA) is 46.8 Å². The molecular formula is C12H17N5. The van der Waals surface area contributed by atoms with Crippen LogP contribution in [0.1, 0.15) is 24.5 Å². The van der Waals surface area contributed by atoms with E-state index in [9.17, 15) is 0 Å². The summed E-state index contributed by atoms with van der Waals surface area (Å²) in [6, 6.07) is 0. The Bertz CT molecular complexity index is 533. The quantitative estimate of drug-likeness (QED) is 0.739. The van der Waals surface area contributed by atoms with Crippen molar-refractivity contribution in [2.24, 2.45) is 7.05 Å². The monoisotopic (exact) mass is 231 g/mol. The predicted octanol–water partition coefficient (Wildman–Crippen LogP) is 1.17. The fourth-order valence-electron chi connectivity index (χ4n) is 2.67. The van der Waals surface area contributed by atoms with Crippen molar-refractivity contribution in [2.45, 2.75) is 18.8 Å².